The maximum Gasteiger partial charge on any atom is 0.291 e. The average molecular weight is 390 g/mol. The Balaban J connectivity index is 1.63. The first-order valence-electron chi connectivity index (χ1n) is 7.73. The van der Waals surface area contributed by atoms with Gasteiger partial charge < -0.3 is 14.5 Å². The summed E-state index contributed by atoms with van der Waals surface area (Å²) in [4.78, 5) is 12.9. The van der Waals surface area contributed by atoms with E-state index in [2.05, 4.69) is 5.32 Å². The van der Waals surface area contributed by atoms with E-state index < -0.39 is 10.8 Å². The molecule has 0 aliphatic carbocycles. The zero-order valence-electron chi connectivity index (χ0n) is 13.9. The topological polar surface area (TPSA) is 68.5 Å². The standard InChI is InChI=1S/C19H16ClNO4S/c1-24-15-6-4-14(5-7-15)21-19(22)18-11-8-16(25-18)12-26(23)17-9-2-13(20)3-10-17/h2-11H,12H2,1H3,(H,21,22). The van der Waals surface area contributed by atoms with Crippen molar-refractivity contribution in [3.05, 3.63) is 77.2 Å². The van der Waals surface area contributed by atoms with Crippen LogP contribution in [-0.4, -0.2) is 17.2 Å². The van der Waals surface area contributed by atoms with Crippen LogP contribution in [0.25, 0.3) is 0 Å². The van der Waals surface area contributed by atoms with Crippen LogP contribution in [0.3, 0.4) is 0 Å². The summed E-state index contributed by atoms with van der Waals surface area (Å²) in [6.07, 6.45) is 0. The van der Waals surface area contributed by atoms with Gasteiger partial charge in [-0.3, -0.25) is 9.00 Å². The molecule has 26 heavy (non-hydrogen) atoms. The first-order chi connectivity index (χ1) is 12.5. The van der Waals surface area contributed by atoms with Crippen LogP contribution in [0.4, 0.5) is 5.69 Å². The molecule has 134 valence electrons. The van der Waals surface area contributed by atoms with Crippen molar-refractivity contribution in [2.75, 3.05) is 12.4 Å². The number of halogens is 1. The fourth-order valence-corrected chi connectivity index (χ4v) is 3.39. The summed E-state index contributed by atoms with van der Waals surface area (Å²) >= 11 is 5.83. The molecule has 1 atom stereocenters. The maximum absolute atomic E-state index is 12.4. The lowest BCUT2D eigenvalue weighted by Gasteiger charge is -2.04. The minimum Gasteiger partial charge on any atom is -0.497 e. The number of ether oxygens (including phenoxy) is 1. The Morgan fingerprint density at radius 2 is 1.77 bits per heavy atom. The Morgan fingerprint density at radius 3 is 2.42 bits per heavy atom. The van der Waals surface area contributed by atoms with Crippen LogP contribution in [0.1, 0.15) is 16.3 Å². The zero-order chi connectivity index (χ0) is 18.5. The molecule has 2 aromatic carbocycles. The summed E-state index contributed by atoms with van der Waals surface area (Å²) in [5.74, 6) is 1.13. The Hall–Kier alpha value is -2.57. The van der Waals surface area contributed by atoms with Gasteiger partial charge in [-0.1, -0.05) is 11.6 Å². The van der Waals surface area contributed by atoms with Crippen molar-refractivity contribution in [2.24, 2.45) is 0 Å². The number of hydrogen-bond acceptors (Lipinski definition) is 4. The Kier molecular flexibility index (Phi) is 5.75. The average Bonchev–Trinajstić information content (AvgIpc) is 3.11. The van der Waals surface area contributed by atoms with Crippen LogP contribution in [0.2, 0.25) is 5.02 Å². The van der Waals surface area contributed by atoms with E-state index in [9.17, 15) is 9.00 Å². The number of hydrogen-bond donors (Lipinski definition) is 1. The summed E-state index contributed by atoms with van der Waals surface area (Å²) in [6, 6.07) is 17.0. The van der Waals surface area contributed by atoms with Gasteiger partial charge in [0.1, 0.15) is 11.5 Å². The van der Waals surface area contributed by atoms with Crippen LogP contribution in [0.15, 0.2) is 70.0 Å². The molecule has 0 fully saturated rings. The maximum atomic E-state index is 12.4. The van der Waals surface area contributed by atoms with Crippen LogP contribution >= 0.6 is 11.6 Å². The summed E-state index contributed by atoms with van der Waals surface area (Å²) in [7, 11) is 0.293. The quantitative estimate of drug-likeness (QED) is 0.673. The lowest BCUT2D eigenvalue weighted by molar-refractivity contribution is 0.0995. The van der Waals surface area contributed by atoms with Crippen molar-refractivity contribution in [3.63, 3.8) is 0 Å². The summed E-state index contributed by atoms with van der Waals surface area (Å²) in [6.45, 7) is 0. The van der Waals surface area contributed by atoms with E-state index in [-0.39, 0.29) is 17.4 Å². The highest BCUT2D eigenvalue weighted by molar-refractivity contribution is 7.84. The Bertz CT molecular complexity index is 919. The van der Waals surface area contributed by atoms with E-state index in [0.29, 0.717) is 27.1 Å². The Labute approximate surface area is 158 Å². The van der Waals surface area contributed by atoms with Crippen molar-refractivity contribution < 1.29 is 18.2 Å². The molecule has 1 unspecified atom stereocenters. The summed E-state index contributed by atoms with van der Waals surface area (Å²) < 4.78 is 22.9. The van der Waals surface area contributed by atoms with Crippen molar-refractivity contribution in [3.8, 4) is 5.75 Å². The number of anilines is 1. The predicted molar refractivity (Wildman–Crippen MR) is 101 cm³/mol. The predicted octanol–water partition coefficient (Wildman–Crippen LogP) is 4.50. The third-order valence-corrected chi connectivity index (χ3v) is 5.18. The van der Waals surface area contributed by atoms with Gasteiger partial charge in [0.25, 0.3) is 5.91 Å². The number of furan rings is 1. The molecule has 0 radical (unpaired) electrons. The molecule has 1 aromatic heterocycles. The van der Waals surface area contributed by atoms with E-state index in [1.54, 1.807) is 67.8 Å². The largest absolute Gasteiger partial charge is 0.497 e. The van der Waals surface area contributed by atoms with Gasteiger partial charge in [0, 0.05) is 15.6 Å². The number of rotatable bonds is 6. The lowest BCUT2D eigenvalue weighted by Crippen LogP contribution is -2.10. The van der Waals surface area contributed by atoms with Gasteiger partial charge in [-0.25, -0.2) is 0 Å². The van der Waals surface area contributed by atoms with Gasteiger partial charge in [-0.2, -0.15) is 0 Å². The smallest absolute Gasteiger partial charge is 0.291 e. The van der Waals surface area contributed by atoms with Crippen molar-refractivity contribution >= 4 is 34.0 Å². The van der Waals surface area contributed by atoms with Gasteiger partial charge in [0.15, 0.2) is 5.76 Å². The minimum atomic E-state index is -1.28. The first kappa shape index (κ1) is 18.2. The molecular weight excluding hydrogens is 374 g/mol. The fraction of sp³-hybridized carbons (Fsp3) is 0.105. The number of amides is 1. The van der Waals surface area contributed by atoms with Crippen LogP contribution in [0.5, 0.6) is 5.75 Å². The van der Waals surface area contributed by atoms with Crippen molar-refractivity contribution in [1.82, 2.24) is 0 Å². The molecule has 0 spiro atoms. The van der Waals surface area contributed by atoms with Crippen LogP contribution in [-0.2, 0) is 16.6 Å². The van der Waals surface area contributed by atoms with Gasteiger partial charge in [-0.05, 0) is 60.7 Å². The molecule has 7 heteroatoms. The van der Waals surface area contributed by atoms with Crippen LogP contribution < -0.4 is 10.1 Å². The van der Waals surface area contributed by atoms with Crippen molar-refractivity contribution in [1.29, 1.82) is 0 Å². The molecule has 0 aliphatic rings. The molecule has 5 nitrogen and oxygen atoms in total. The number of benzene rings is 2. The molecule has 0 bridgehead atoms. The second kappa shape index (κ2) is 8.21. The zero-order valence-corrected chi connectivity index (χ0v) is 15.5. The molecule has 3 rings (SSSR count). The summed E-state index contributed by atoms with van der Waals surface area (Å²) in [5, 5.41) is 3.32. The monoisotopic (exact) mass is 389 g/mol. The van der Waals surface area contributed by atoms with E-state index in [1.165, 1.54) is 0 Å². The van der Waals surface area contributed by atoms with E-state index in [1.807, 2.05) is 0 Å². The van der Waals surface area contributed by atoms with Gasteiger partial charge >= 0.3 is 0 Å². The second-order valence-corrected chi connectivity index (χ2v) is 7.28. The number of nitrogens with one attached hydrogen (secondary N) is 1. The van der Waals surface area contributed by atoms with Gasteiger partial charge in [0.2, 0.25) is 0 Å². The highest BCUT2D eigenvalue weighted by Crippen LogP contribution is 2.19. The fourth-order valence-electron chi connectivity index (χ4n) is 2.24. The van der Waals surface area contributed by atoms with Gasteiger partial charge in [0.05, 0.1) is 23.7 Å². The molecule has 0 saturated carbocycles. The number of methoxy groups -OCH3 is 1. The molecule has 1 amide bonds. The van der Waals surface area contributed by atoms with Crippen LogP contribution in [0, 0.1) is 0 Å². The Morgan fingerprint density at radius 1 is 1.08 bits per heavy atom. The second-order valence-electron chi connectivity index (χ2n) is 5.39. The number of carbonyl (C=O) groups excluding carboxylic acids is 1. The highest BCUT2D eigenvalue weighted by atomic mass is 35.5. The first-order valence-corrected chi connectivity index (χ1v) is 9.43. The molecule has 1 heterocycles. The van der Waals surface area contributed by atoms with E-state index in [0.717, 1.165) is 0 Å². The summed E-state index contributed by atoms with van der Waals surface area (Å²) in [5.41, 5.74) is 0.624. The molecule has 0 aliphatic heterocycles. The SMILES string of the molecule is COc1ccc(NC(=O)c2ccc(CS(=O)c3ccc(Cl)cc3)o2)cc1. The minimum absolute atomic E-state index is 0.156. The third-order valence-electron chi connectivity index (χ3n) is 3.58. The molecular formula is C19H16ClNO4S. The number of carbonyl (C=O) groups is 1. The third kappa shape index (κ3) is 4.53. The normalized spacial score (nSPS) is 11.8. The molecule has 3 aromatic rings. The van der Waals surface area contributed by atoms with Crippen molar-refractivity contribution in [2.45, 2.75) is 10.6 Å². The molecule has 1 N–H and O–H groups in total. The highest BCUT2D eigenvalue weighted by Gasteiger charge is 2.14. The van der Waals surface area contributed by atoms with E-state index >= 15 is 0 Å². The lowest BCUT2D eigenvalue weighted by atomic mass is 10.3. The van der Waals surface area contributed by atoms with E-state index in [4.69, 9.17) is 20.8 Å². The van der Waals surface area contributed by atoms with Gasteiger partial charge in [-0.15, -0.1) is 0 Å². The molecule has 0 saturated heterocycles.